The van der Waals surface area contributed by atoms with Crippen molar-refractivity contribution in [3.05, 3.63) is 23.5 Å². The number of carbonyl (C=O) groups is 2. The molecule has 0 bridgehead atoms. The van der Waals surface area contributed by atoms with Crippen LogP contribution in [0.2, 0.25) is 0 Å². The SMILES string of the molecule is O=C[C@@H]1C=CCC1PCCPC1=CCC[C@H]1C=O. The highest BCUT2D eigenvalue weighted by molar-refractivity contribution is 7.46. The van der Waals surface area contributed by atoms with Gasteiger partial charge in [-0.2, -0.15) is 0 Å². The number of aldehydes is 2. The van der Waals surface area contributed by atoms with E-state index in [2.05, 4.69) is 18.2 Å². The van der Waals surface area contributed by atoms with Gasteiger partial charge in [-0.25, -0.2) is 0 Å². The Hall–Kier alpha value is -0.320. The first kappa shape index (κ1) is 14.1. The third-order valence-corrected chi connectivity index (χ3v) is 7.30. The summed E-state index contributed by atoms with van der Waals surface area (Å²) in [4.78, 5) is 21.7. The summed E-state index contributed by atoms with van der Waals surface area (Å²) in [5.74, 6) is 0.377. The smallest absolute Gasteiger partial charge is 0.127 e. The third-order valence-electron chi connectivity index (χ3n) is 3.64. The molecular weight excluding hydrogens is 262 g/mol. The first-order valence-electron chi connectivity index (χ1n) is 6.59. The third kappa shape index (κ3) is 3.59. The van der Waals surface area contributed by atoms with E-state index in [9.17, 15) is 9.59 Å². The molecule has 2 aliphatic carbocycles. The van der Waals surface area contributed by atoms with Crippen LogP contribution in [0.1, 0.15) is 19.3 Å². The average molecular weight is 282 g/mol. The Balaban J connectivity index is 1.64. The van der Waals surface area contributed by atoms with Gasteiger partial charge in [-0.05, 0) is 42.6 Å². The summed E-state index contributed by atoms with van der Waals surface area (Å²) in [6.07, 6.45) is 14.2. The minimum absolute atomic E-state index is 0.167. The summed E-state index contributed by atoms with van der Waals surface area (Å²) in [5, 5.41) is 1.38. The van der Waals surface area contributed by atoms with E-state index in [-0.39, 0.29) is 11.8 Å². The molecule has 0 spiro atoms. The van der Waals surface area contributed by atoms with Crippen molar-refractivity contribution in [3.63, 3.8) is 0 Å². The Morgan fingerprint density at radius 3 is 2.94 bits per heavy atom. The van der Waals surface area contributed by atoms with E-state index in [1.165, 1.54) is 17.6 Å². The van der Waals surface area contributed by atoms with Gasteiger partial charge in [0, 0.05) is 11.8 Å². The molecule has 0 aromatic heterocycles. The zero-order chi connectivity index (χ0) is 12.8. The molecule has 2 nitrogen and oxygen atoms in total. The molecule has 0 heterocycles. The average Bonchev–Trinajstić information content (AvgIpc) is 3.02. The summed E-state index contributed by atoms with van der Waals surface area (Å²) < 4.78 is 0. The van der Waals surface area contributed by atoms with Crippen molar-refractivity contribution < 1.29 is 9.59 Å². The minimum Gasteiger partial charge on any atom is -0.303 e. The van der Waals surface area contributed by atoms with Gasteiger partial charge in [0.25, 0.3) is 0 Å². The largest absolute Gasteiger partial charge is 0.303 e. The van der Waals surface area contributed by atoms with E-state index < -0.39 is 0 Å². The quantitative estimate of drug-likeness (QED) is 0.311. The molecule has 2 aliphatic rings. The monoisotopic (exact) mass is 282 g/mol. The van der Waals surface area contributed by atoms with Gasteiger partial charge in [0.2, 0.25) is 0 Å². The number of hydrogen-bond acceptors (Lipinski definition) is 2. The summed E-state index contributed by atoms with van der Waals surface area (Å²) in [7, 11) is 1.70. The van der Waals surface area contributed by atoms with Gasteiger partial charge >= 0.3 is 0 Å². The normalized spacial score (nSPS) is 31.8. The van der Waals surface area contributed by atoms with Crippen LogP contribution in [0.25, 0.3) is 0 Å². The lowest BCUT2D eigenvalue weighted by molar-refractivity contribution is -0.110. The second-order valence-corrected chi connectivity index (χ2v) is 7.92. The molecule has 0 amide bonds. The van der Waals surface area contributed by atoms with Crippen molar-refractivity contribution in [2.45, 2.75) is 24.9 Å². The predicted molar refractivity (Wildman–Crippen MR) is 80.3 cm³/mol. The Morgan fingerprint density at radius 2 is 2.17 bits per heavy atom. The molecule has 0 saturated carbocycles. The molecule has 2 rings (SSSR count). The van der Waals surface area contributed by atoms with Crippen LogP contribution in [-0.2, 0) is 9.59 Å². The minimum atomic E-state index is 0.167. The van der Waals surface area contributed by atoms with Gasteiger partial charge in [-0.15, -0.1) is 8.58 Å². The van der Waals surface area contributed by atoms with Crippen LogP contribution in [-0.4, -0.2) is 30.6 Å². The van der Waals surface area contributed by atoms with Crippen molar-refractivity contribution in [2.75, 3.05) is 12.3 Å². The lowest BCUT2D eigenvalue weighted by Gasteiger charge is -2.14. The van der Waals surface area contributed by atoms with Gasteiger partial charge in [-0.1, -0.05) is 26.8 Å². The van der Waals surface area contributed by atoms with Crippen LogP contribution in [0.3, 0.4) is 0 Å². The van der Waals surface area contributed by atoms with Crippen molar-refractivity contribution >= 4 is 29.7 Å². The highest BCUT2D eigenvalue weighted by atomic mass is 31.1. The summed E-state index contributed by atoms with van der Waals surface area (Å²) >= 11 is 0. The Labute approximate surface area is 112 Å². The molecular formula is C14H20O2P2. The number of allylic oxidation sites excluding steroid dienone is 4. The number of hydrogen-bond donors (Lipinski definition) is 0. The van der Waals surface area contributed by atoms with Crippen LogP contribution in [0.15, 0.2) is 23.5 Å². The summed E-state index contributed by atoms with van der Waals surface area (Å²) in [6, 6.07) is 0. The fourth-order valence-electron chi connectivity index (χ4n) is 2.57. The van der Waals surface area contributed by atoms with Crippen molar-refractivity contribution in [2.24, 2.45) is 11.8 Å². The van der Waals surface area contributed by atoms with E-state index in [0.717, 1.165) is 49.0 Å². The molecule has 0 radical (unpaired) electrons. The standard InChI is InChI=1S/C14H20O2P2/c15-9-11-3-1-5-13(11)17-7-8-18-14-6-2-4-12(14)10-16/h1,3,6,9-13,17-18H,2,4-5,7-8H2/t11-,12-,13?/m0/s1. The second-order valence-electron chi connectivity index (χ2n) is 4.84. The van der Waals surface area contributed by atoms with Crippen LogP contribution in [0, 0.1) is 11.8 Å². The molecule has 18 heavy (non-hydrogen) atoms. The molecule has 0 saturated heterocycles. The lowest BCUT2D eigenvalue weighted by atomic mass is 10.1. The van der Waals surface area contributed by atoms with Crippen LogP contribution >= 0.6 is 17.2 Å². The van der Waals surface area contributed by atoms with Crippen molar-refractivity contribution in [3.8, 4) is 0 Å². The molecule has 0 fully saturated rings. The Morgan fingerprint density at radius 1 is 1.28 bits per heavy atom. The van der Waals surface area contributed by atoms with Gasteiger partial charge in [0.1, 0.15) is 12.6 Å². The molecule has 0 N–H and O–H groups in total. The van der Waals surface area contributed by atoms with Gasteiger partial charge in [0.15, 0.2) is 0 Å². The first-order chi connectivity index (χ1) is 8.85. The highest BCUT2D eigenvalue weighted by Gasteiger charge is 2.22. The number of rotatable bonds is 7. The van der Waals surface area contributed by atoms with E-state index in [1.54, 1.807) is 0 Å². The van der Waals surface area contributed by atoms with Crippen LogP contribution in [0.4, 0.5) is 0 Å². The van der Waals surface area contributed by atoms with E-state index in [4.69, 9.17) is 0 Å². The molecule has 0 aromatic carbocycles. The maximum Gasteiger partial charge on any atom is 0.127 e. The molecule has 4 heteroatoms. The Bertz CT molecular complexity index is 363. The molecule has 0 aliphatic heterocycles. The van der Waals surface area contributed by atoms with E-state index in [0.29, 0.717) is 5.66 Å². The summed E-state index contributed by atoms with van der Waals surface area (Å²) in [6.45, 7) is 0. The topological polar surface area (TPSA) is 34.1 Å². The second kappa shape index (κ2) is 7.31. The van der Waals surface area contributed by atoms with Crippen molar-refractivity contribution in [1.82, 2.24) is 0 Å². The maximum absolute atomic E-state index is 10.9. The van der Waals surface area contributed by atoms with Gasteiger partial charge < -0.3 is 9.59 Å². The van der Waals surface area contributed by atoms with Crippen molar-refractivity contribution in [1.29, 1.82) is 0 Å². The van der Waals surface area contributed by atoms with Gasteiger partial charge in [0.05, 0.1) is 0 Å². The number of carbonyl (C=O) groups excluding carboxylic acids is 2. The molecule has 0 aromatic rings. The molecule has 5 atom stereocenters. The highest BCUT2D eigenvalue weighted by Crippen LogP contribution is 2.40. The van der Waals surface area contributed by atoms with E-state index in [1.807, 2.05) is 0 Å². The van der Waals surface area contributed by atoms with Gasteiger partial charge in [-0.3, -0.25) is 0 Å². The zero-order valence-corrected chi connectivity index (χ0v) is 12.5. The molecule has 3 unspecified atom stereocenters. The molecule has 98 valence electrons. The van der Waals surface area contributed by atoms with Crippen LogP contribution in [0.5, 0.6) is 0 Å². The predicted octanol–water partition coefficient (Wildman–Crippen LogP) is 2.98. The summed E-state index contributed by atoms with van der Waals surface area (Å²) in [5.41, 5.74) is 0.562. The lowest BCUT2D eigenvalue weighted by Crippen LogP contribution is -2.10. The first-order valence-corrected chi connectivity index (χ1v) is 9.09. The fourth-order valence-corrected chi connectivity index (χ4v) is 5.83. The zero-order valence-electron chi connectivity index (χ0n) is 10.5. The fraction of sp³-hybridized carbons (Fsp3) is 0.571. The maximum atomic E-state index is 10.9. The van der Waals surface area contributed by atoms with E-state index >= 15 is 0 Å². The van der Waals surface area contributed by atoms with Crippen LogP contribution < -0.4 is 0 Å². The Kier molecular flexibility index (Phi) is 5.73.